The molecule has 0 aromatic rings. The molecule has 0 saturated carbocycles. The molecule has 0 aromatic carbocycles. The van der Waals surface area contributed by atoms with Crippen LogP contribution in [0, 0.1) is 11.8 Å². The number of hydrogen-bond acceptors (Lipinski definition) is 5. The van der Waals surface area contributed by atoms with E-state index in [-0.39, 0.29) is 48.4 Å². The Labute approximate surface area is 177 Å². The van der Waals surface area contributed by atoms with E-state index in [1.165, 1.54) is 0 Å². The average Bonchev–Trinajstić information content (AvgIpc) is 2.62. The lowest BCUT2D eigenvalue weighted by molar-refractivity contribution is -0.124. The van der Waals surface area contributed by atoms with Crippen molar-refractivity contribution >= 4 is 11.8 Å². The molecule has 29 heavy (non-hydrogen) atoms. The second-order valence-electron chi connectivity index (χ2n) is 8.73. The molecule has 0 spiro atoms. The van der Waals surface area contributed by atoms with Crippen molar-refractivity contribution in [1.82, 2.24) is 16.0 Å². The number of rotatable bonds is 17. The average molecular weight is 416 g/mol. The van der Waals surface area contributed by atoms with Gasteiger partial charge in [-0.1, -0.05) is 34.1 Å². The lowest BCUT2D eigenvalue weighted by Crippen LogP contribution is -2.42. The van der Waals surface area contributed by atoms with Crippen LogP contribution < -0.4 is 16.0 Å². The Hall–Kier alpha value is -1.18. The van der Waals surface area contributed by atoms with Crippen molar-refractivity contribution in [2.45, 2.75) is 91.8 Å². The van der Waals surface area contributed by atoms with Gasteiger partial charge in [-0.15, -0.1) is 0 Å². The van der Waals surface area contributed by atoms with Gasteiger partial charge < -0.3 is 25.8 Å². The largest absolute Gasteiger partial charge is 0.396 e. The van der Waals surface area contributed by atoms with E-state index in [1.54, 1.807) is 0 Å². The van der Waals surface area contributed by atoms with Gasteiger partial charge in [0.1, 0.15) is 0 Å². The number of aliphatic hydroxyl groups excluding tert-OH is 1. The van der Waals surface area contributed by atoms with Crippen molar-refractivity contribution in [3.63, 3.8) is 0 Å². The van der Waals surface area contributed by atoms with E-state index in [0.717, 1.165) is 25.7 Å². The number of ether oxygens (including phenoxy) is 1. The van der Waals surface area contributed by atoms with Gasteiger partial charge in [0.05, 0.1) is 12.7 Å². The predicted molar refractivity (Wildman–Crippen MR) is 118 cm³/mol. The summed E-state index contributed by atoms with van der Waals surface area (Å²) in [6.45, 7) is 13.7. The molecule has 0 aromatic heterocycles. The summed E-state index contributed by atoms with van der Waals surface area (Å²) in [7, 11) is 0. The van der Waals surface area contributed by atoms with Gasteiger partial charge in [0.2, 0.25) is 11.8 Å². The molecule has 0 aliphatic rings. The van der Waals surface area contributed by atoms with Gasteiger partial charge in [0, 0.05) is 50.0 Å². The Morgan fingerprint density at radius 1 is 0.931 bits per heavy atom. The summed E-state index contributed by atoms with van der Waals surface area (Å²) < 4.78 is 5.56. The first-order chi connectivity index (χ1) is 13.6. The molecule has 0 saturated heterocycles. The van der Waals surface area contributed by atoms with E-state index in [1.807, 2.05) is 27.7 Å². The molecule has 0 rings (SSSR count). The topological polar surface area (TPSA) is 99.7 Å². The summed E-state index contributed by atoms with van der Waals surface area (Å²) in [5.74, 6) is 0.198. The highest BCUT2D eigenvalue weighted by molar-refractivity contribution is 5.78. The van der Waals surface area contributed by atoms with Gasteiger partial charge in [-0.2, -0.15) is 0 Å². The SMILES string of the molecule is CC(C)NC(CCNC(=O)C(C)C)CC(=O)NCCCCC(CO)COC(C)C. The summed E-state index contributed by atoms with van der Waals surface area (Å²) in [4.78, 5) is 24.0. The lowest BCUT2D eigenvalue weighted by atomic mass is 10.0. The van der Waals surface area contributed by atoms with Crippen molar-refractivity contribution in [1.29, 1.82) is 0 Å². The van der Waals surface area contributed by atoms with Crippen molar-refractivity contribution in [2.75, 3.05) is 26.3 Å². The van der Waals surface area contributed by atoms with Gasteiger partial charge >= 0.3 is 0 Å². The minimum absolute atomic E-state index is 0.0279. The maximum absolute atomic E-state index is 12.3. The number of aliphatic hydroxyl groups is 1. The molecule has 172 valence electrons. The maximum Gasteiger partial charge on any atom is 0.222 e. The summed E-state index contributed by atoms with van der Waals surface area (Å²) in [5.41, 5.74) is 0. The predicted octanol–water partition coefficient (Wildman–Crippen LogP) is 2.23. The third-order valence-corrected chi connectivity index (χ3v) is 4.60. The molecule has 2 unspecified atom stereocenters. The first-order valence-electron chi connectivity index (χ1n) is 11.2. The molecular formula is C22H45N3O4. The monoisotopic (exact) mass is 415 g/mol. The van der Waals surface area contributed by atoms with Crippen molar-refractivity contribution < 1.29 is 19.4 Å². The smallest absolute Gasteiger partial charge is 0.222 e. The molecule has 0 radical (unpaired) electrons. The summed E-state index contributed by atoms with van der Waals surface area (Å²) >= 11 is 0. The standard InChI is InChI=1S/C22H45N3O4/c1-16(2)22(28)24-12-10-20(25-17(3)4)13-21(27)23-11-8-7-9-19(14-26)15-29-18(5)6/h16-20,25-26H,7-15H2,1-6H3,(H,23,27)(H,24,28). The minimum atomic E-state index is -0.0304. The third kappa shape index (κ3) is 16.3. The van der Waals surface area contributed by atoms with E-state index >= 15 is 0 Å². The van der Waals surface area contributed by atoms with Gasteiger partial charge in [0.25, 0.3) is 0 Å². The second kappa shape index (κ2) is 16.6. The highest BCUT2D eigenvalue weighted by atomic mass is 16.5. The van der Waals surface area contributed by atoms with Crippen LogP contribution in [0.2, 0.25) is 0 Å². The third-order valence-electron chi connectivity index (χ3n) is 4.60. The van der Waals surface area contributed by atoms with Crippen LogP contribution in [0.3, 0.4) is 0 Å². The van der Waals surface area contributed by atoms with Crippen LogP contribution in [-0.4, -0.2) is 61.4 Å². The fraction of sp³-hybridized carbons (Fsp3) is 0.909. The number of hydrogen-bond donors (Lipinski definition) is 4. The molecule has 0 aliphatic heterocycles. The van der Waals surface area contributed by atoms with Crippen LogP contribution in [-0.2, 0) is 14.3 Å². The Bertz CT molecular complexity index is 442. The molecule has 0 aliphatic carbocycles. The maximum atomic E-state index is 12.3. The second-order valence-corrected chi connectivity index (χ2v) is 8.73. The quantitative estimate of drug-likeness (QED) is 0.273. The number of nitrogens with one attached hydrogen (secondary N) is 3. The van der Waals surface area contributed by atoms with Crippen LogP contribution in [0.1, 0.15) is 73.6 Å². The van der Waals surface area contributed by atoms with E-state index in [0.29, 0.717) is 26.1 Å². The number of amides is 2. The zero-order valence-electron chi connectivity index (χ0n) is 19.4. The van der Waals surface area contributed by atoms with Gasteiger partial charge in [-0.05, 0) is 33.1 Å². The van der Waals surface area contributed by atoms with E-state index in [9.17, 15) is 14.7 Å². The Morgan fingerprint density at radius 2 is 1.62 bits per heavy atom. The van der Waals surface area contributed by atoms with Crippen molar-refractivity contribution in [3.05, 3.63) is 0 Å². The number of carbonyl (C=O) groups is 2. The fourth-order valence-corrected chi connectivity index (χ4v) is 2.93. The zero-order valence-corrected chi connectivity index (χ0v) is 19.4. The molecule has 7 heteroatoms. The van der Waals surface area contributed by atoms with E-state index in [4.69, 9.17) is 4.74 Å². The normalized spacial score (nSPS) is 13.7. The Kier molecular flexibility index (Phi) is 15.9. The van der Waals surface area contributed by atoms with Crippen molar-refractivity contribution in [2.24, 2.45) is 11.8 Å². The highest BCUT2D eigenvalue weighted by Gasteiger charge is 2.16. The van der Waals surface area contributed by atoms with E-state index in [2.05, 4.69) is 29.8 Å². The van der Waals surface area contributed by atoms with Crippen LogP contribution >= 0.6 is 0 Å². The van der Waals surface area contributed by atoms with Gasteiger partial charge in [-0.3, -0.25) is 9.59 Å². The number of carbonyl (C=O) groups excluding carboxylic acids is 2. The van der Waals surface area contributed by atoms with Crippen LogP contribution in [0.25, 0.3) is 0 Å². The fourth-order valence-electron chi connectivity index (χ4n) is 2.93. The molecule has 2 amide bonds. The molecule has 0 bridgehead atoms. The first kappa shape index (κ1) is 27.8. The van der Waals surface area contributed by atoms with Crippen LogP contribution in [0.15, 0.2) is 0 Å². The van der Waals surface area contributed by atoms with Crippen LogP contribution in [0.5, 0.6) is 0 Å². The highest BCUT2D eigenvalue weighted by Crippen LogP contribution is 2.09. The summed E-state index contributed by atoms with van der Waals surface area (Å²) in [6.07, 6.45) is 4.02. The molecule has 0 fully saturated rings. The first-order valence-corrected chi connectivity index (χ1v) is 11.2. The number of unbranched alkanes of at least 4 members (excludes halogenated alkanes) is 1. The molecule has 2 atom stereocenters. The minimum Gasteiger partial charge on any atom is -0.396 e. The Balaban J connectivity index is 4.10. The summed E-state index contributed by atoms with van der Waals surface area (Å²) in [6, 6.07) is 0.312. The zero-order chi connectivity index (χ0) is 22.2. The van der Waals surface area contributed by atoms with Crippen LogP contribution in [0.4, 0.5) is 0 Å². The molecule has 0 heterocycles. The van der Waals surface area contributed by atoms with Gasteiger partial charge in [0.15, 0.2) is 0 Å². The lowest BCUT2D eigenvalue weighted by Gasteiger charge is -2.21. The van der Waals surface area contributed by atoms with Crippen molar-refractivity contribution in [3.8, 4) is 0 Å². The molecular weight excluding hydrogens is 370 g/mol. The van der Waals surface area contributed by atoms with Gasteiger partial charge in [-0.25, -0.2) is 0 Å². The van der Waals surface area contributed by atoms with E-state index < -0.39 is 0 Å². The Morgan fingerprint density at radius 3 is 2.17 bits per heavy atom. The molecule has 7 nitrogen and oxygen atoms in total. The molecule has 4 N–H and O–H groups in total. The summed E-state index contributed by atoms with van der Waals surface area (Å²) in [5, 5.41) is 18.7.